The van der Waals surface area contributed by atoms with Crippen molar-refractivity contribution in [1.29, 1.82) is 5.41 Å². The predicted octanol–water partition coefficient (Wildman–Crippen LogP) is 5.77. The first-order chi connectivity index (χ1) is 16.9. The minimum absolute atomic E-state index is 0.00889. The molecule has 1 saturated heterocycles. The van der Waals surface area contributed by atoms with E-state index in [1.54, 1.807) is 6.07 Å². The second kappa shape index (κ2) is 9.41. The van der Waals surface area contributed by atoms with Gasteiger partial charge in [0.1, 0.15) is 5.84 Å². The molecule has 1 aliphatic rings. The van der Waals surface area contributed by atoms with E-state index in [0.717, 1.165) is 22.0 Å². The van der Waals surface area contributed by atoms with Crippen molar-refractivity contribution < 1.29 is 0 Å². The van der Waals surface area contributed by atoms with Crippen LogP contribution in [-0.2, 0) is 6.54 Å². The highest BCUT2D eigenvalue weighted by Gasteiger charge is 2.24. The van der Waals surface area contributed by atoms with Gasteiger partial charge in [-0.15, -0.1) is 0 Å². The molecule has 2 atom stereocenters. The number of anilines is 1. The molecule has 3 aromatic carbocycles. The summed E-state index contributed by atoms with van der Waals surface area (Å²) in [5, 5.41) is 8.78. The number of nitrogens with zero attached hydrogens (tertiary/aromatic N) is 2. The molecule has 0 amide bonds. The van der Waals surface area contributed by atoms with E-state index in [2.05, 4.69) is 43.0 Å². The van der Waals surface area contributed by atoms with Gasteiger partial charge in [0.15, 0.2) is 0 Å². The number of pyridine rings is 1. The lowest BCUT2D eigenvalue weighted by Gasteiger charge is -2.41. The topological polar surface area (TPSA) is 75.1 Å². The van der Waals surface area contributed by atoms with E-state index in [4.69, 9.17) is 11.1 Å². The maximum atomic E-state index is 13.7. The monoisotopic (exact) mass is 464 g/mol. The Balaban J connectivity index is 1.54. The van der Waals surface area contributed by atoms with Gasteiger partial charge < -0.3 is 15.2 Å². The van der Waals surface area contributed by atoms with Gasteiger partial charge in [-0.2, -0.15) is 0 Å². The molecule has 3 N–H and O–H groups in total. The summed E-state index contributed by atoms with van der Waals surface area (Å²) in [5.74, 6) is -0.00889. The molecule has 0 bridgehead atoms. The number of para-hydroxylation sites is 1. The Morgan fingerprint density at radius 2 is 1.66 bits per heavy atom. The minimum Gasteiger partial charge on any atom is -0.384 e. The van der Waals surface area contributed by atoms with E-state index in [1.807, 2.05) is 53.1 Å². The number of hydrogen-bond donors (Lipinski definition) is 2. The Kier molecular flexibility index (Phi) is 6.16. The third-order valence-corrected chi connectivity index (χ3v) is 7.26. The van der Waals surface area contributed by atoms with Gasteiger partial charge in [-0.3, -0.25) is 10.2 Å². The lowest BCUT2D eigenvalue weighted by Crippen LogP contribution is -2.43. The summed E-state index contributed by atoms with van der Waals surface area (Å²) in [6.07, 6.45) is 3.74. The SMILES string of the molecule is C[C@@H]1CCC[C@H](C)N1c1ccc(Cn2c(=O)c(-c3cccc(C(=N)N)c3)cc3ccccc32)cc1. The molecule has 1 aromatic heterocycles. The lowest BCUT2D eigenvalue weighted by atomic mass is 9.96. The Bertz CT molecular complexity index is 1430. The number of hydrogen-bond acceptors (Lipinski definition) is 3. The van der Waals surface area contributed by atoms with E-state index in [-0.39, 0.29) is 11.4 Å². The average Bonchev–Trinajstić information content (AvgIpc) is 2.86. The molecule has 5 rings (SSSR count). The van der Waals surface area contributed by atoms with E-state index < -0.39 is 0 Å². The van der Waals surface area contributed by atoms with Crippen LogP contribution in [0.2, 0.25) is 0 Å². The summed E-state index contributed by atoms with van der Waals surface area (Å²) in [6.45, 7) is 5.11. The first-order valence-corrected chi connectivity index (χ1v) is 12.4. The van der Waals surface area contributed by atoms with Crippen molar-refractivity contribution in [1.82, 2.24) is 4.57 Å². The smallest absolute Gasteiger partial charge is 0.259 e. The van der Waals surface area contributed by atoms with Gasteiger partial charge in [-0.25, -0.2) is 0 Å². The molecule has 0 spiro atoms. The first-order valence-electron chi connectivity index (χ1n) is 12.4. The van der Waals surface area contributed by atoms with Gasteiger partial charge in [0, 0.05) is 28.9 Å². The van der Waals surface area contributed by atoms with Gasteiger partial charge in [0.25, 0.3) is 5.56 Å². The van der Waals surface area contributed by atoms with Crippen LogP contribution < -0.4 is 16.2 Å². The molecular weight excluding hydrogens is 432 g/mol. The predicted molar refractivity (Wildman–Crippen MR) is 145 cm³/mol. The van der Waals surface area contributed by atoms with Gasteiger partial charge >= 0.3 is 0 Å². The number of nitrogens with one attached hydrogen (secondary N) is 1. The molecule has 4 aromatic rings. The summed E-state index contributed by atoms with van der Waals surface area (Å²) in [4.78, 5) is 16.3. The van der Waals surface area contributed by atoms with Crippen LogP contribution in [0.5, 0.6) is 0 Å². The molecule has 5 nitrogen and oxygen atoms in total. The van der Waals surface area contributed by atoms with Crippen molar-refractivity contribution in [2.24, 2.45) is 5.73 Å². The van der Waals surface area contributed by atoms with Crippen molar-refractivity contribution >= 4 is 22.4 Å². The Hall–Kier alpha value is -3.86. The van der Waals surface area contributed by atoms with E-state index in [1.165, 1.54) is 24.9 Å². The highest BCUT2D eigenvalue weighted by atomic mass is 16.1. The Labute approximate surface area is 206 Å². The van der Waals surface area contributed by atoms with Gasteiger partial charge in [0.2, 0.25) is 0 Å². The number of benzene rings is 3. The zero-order valence-corrected chi connectivity index (χ0v) is 20.4. The van der Waals surface area contributed by atoms with Crippen molar-refractivity contribution in [3.05, 3.63) is 100 Å². The number of amidine groups is 1. The highest BCUT2D eigenvalue weighted by Crippen LogP contribution is 2.29. The maximum absolute atomic E-state index is 13.7. The normalized spacial score (nSPS) is 18.1. The largest absolute Gasteiger partial charge is 0.384 e. The fourth-order valence-electron chi connectivity index (χ4n) is 5.43. The van der Waals surface area contributed by atoms with Crippen LogP contribution >= 0.6 is 0 Å². The van der Waals surface area contributed by atoms with Gasteiger partial charge in [0.05, 0.1) is 12.1 Å². The molecule has 1 aliphatic heterocycles. The molecule has 0 unspecified atom stereocenters. The molecule has 5 heteroatoms. The molecule has 1 fully saturated rings. The fraction of sp³-hybridized carbons (Fsp3) is 0.267. The van der Waals surface area contributed by atoms with Crippen molar-refractivity contribution in [2.45, 2.75) is 51.7 Å². The first kappa shape index (κ1) is 22.9. The molecule has 178 valence electrons. The summed E-state index contributed by atoms with van der Waals surface area (Å²) < 4.78 is 1.85. The van der Waals surface area contributed by atoms with E-state index >= 15 is 0 Å². The van der Waals surface area contributed by atoms with Crippen LogP contribution in [-0.4, -0.2) is 22.5 Å². The van der Waals surface area contributed by atoms with E-state index in [0.29, 0.717) is 29.8 Å². The van der Waals surface area contributed by atoms with Gasteiger partial charge in [-0.05, 0) is 80.0 Å². The molecule has 0 radical (unpaired) electrons. The molecule has 0 saturated carbocycles. The van der Waals surface area contributed by atoms with Crippen LogP contribution in [0.15, 0.2) is 83.7 Å². The third-order valence-electron chi connectivity index (χ3n) is 7.26. The third kappa shape index (κ3) is 4.46. The van der Waals surface area contributed by atoms with Crippen LogP contribution in [0.25, 0.3) is 22.0 Å². The number of rotatable bonds is 5. The van der Waals surface area contributed by atoms with Crippen molar-refractivity contribution in [3.63, 3.8) is 0 Å². The number of aromatic nitrogens is 1. The Morgan fingerprint density at radius 3 is 2.37 bits per heavy atom. The number of nitrogens with two attached hydrogens (primary N) is 1. The van der Waals surface area contributed by atoms with Gasteiger partial charge in [-0.1, -0.05) is 48.5 Å². The van der Waals surface area contributed by atoms with Crippen LogP contribution in [0.3, 0.4) is 0 Å². The van der Waals surface area contributed by atoms with Crippen LogP contribution in [0.4, 0.5) is 5.69 Å². The number of fused-ring (bicyclic) bond motifs is 1. The maximum Gasteiger partial charge on any atom is 0.259 e. The zero-order chi connectivity index (χ0) is 24.5. The lowest BCUT2D eigenvalue weighted by molar-refractivity contribution is 0.414. The highest BCUT2D eigenvalue weighted by molar-refractivity contribution is 5.96. The molecular formula is C30H32N4O. The fourth-order valence-corrected chi connectivity index (χ4v) is 5.43. The summed E-state index contributed by atoms with van der Waals surface area (Å²) >= 11 is 0. The molecule has 35 heavy (non-hydrogen) atoms. The summed E-state index contributed by atoms with van der Waals surface area (Å²) in [5.41, 5.74) is 10.9. The second-order valence-electron chi connectivity index (χ2n) is 9.71. The molecule has 2 heterocycles. The summed E-state index contributed by atoms with van der Waals surface area (Å²) in [6, 6.07) is 27.0. The van der Waals surface area contributed by atoms with E-state index in [9.17, 15) is 4.79 Å². The zero-order valence-electron chi connectivity index (χ0n) is 20.4. The minimum atomic E-state index is -0.0493. The quantitative estimate of drug-likeness (QED) is 0.291. The van der Waals surface area contributed by atoms with Crippen molar-refractivity contribution in [3.8, 4) is 11.1 Å². The standard InChI is InChI=1S/C30H32N4O/c1-20-7-5-8-21(2)34(20)26-15-13-22(14-16-26)19-33-28-12-4-3-9-24(28)18-27(30(33)35)23-10-6-11-25(17-23)29(31)32/h3-4,6,9-18,20-21H,5,7-8,19H2,1-2H3,(H3,31,32)/t20-,21+. The summed E-state index contributed by atoms with van der Waals surface area (Å²) in [7, 11) is 0. The Morgan fingerprint density at radius 1 is 0.943 bits per heavy atom. The van der Waals surface area contributed by atoms with Crippen LogP contribution in [0.1, 0.15) is 44.2 Å². The van der Waals surface area contributed by atoms with Crippen LogP contribution in [0, 0.1) is 5.41 Å². The number of piperidine rings is 1. The van der Waals surface area contributed by atoms with Crippen molar-refractivity contribution in [2.75, 3.05) is 4.90 Å². The average molecular weight is 465 g/mol. The molecule has 0 aliphatic carbocycles. The number of nitrogen functional groups attached to an aromatic ring is 1. The second-order valence-corrected chi connectivity index (χ2v) is 9.71.